The van der Waals surface area contributed by atoms with Crippen LogP contribution in [0.5, 0.6) is 0 Å². The lowest BCUT2D eigenvalue weighted by Crippen LogP contribution is -2.68. The molecule has 1 aliphatic heterocycles. The standard InChI is InChI=1S/C19H17F3IN5O3/c20-12-3-2-11(17(16(12)22)25-14-4-1-10(23)7-13(14)21)18(30)28-8-19(31,9-28)15(5-6-29)26-27-24/h1-4,7,15,25,29,31H,5-6,8-9H2. The molecule has 1 atom stereocenters. The Balaban J connectivity index is 1.87. The number of hydrogen-bond acceptors (Lipinski definition) is 5. The molecule has 1 fully saturated rings. The van der Waals surface area contributed by atoms with Crippen LogP contribution >= 0.6 is 22.6 Å². The molecule has 31 heavy (non-hydrogen) atoms. The molecule has 0 aromatic heterocycles. The number of carbonyl (C=O) groups is 1. The first-order valence-electron chi connectivity index (χ1n) is 9.07. The second kappa shape index (κ2) is 9.30. The van der Waals surface area contributed by atoms with Crippen LogP contribution in [0.25, 0.3) is 10.4 Å². The van der Waals surface area contributed by atoms with Gasteiger partial charge in [0.25, 0.3) is 5.91 Å². The smallest absolute Gasteiger partial charge is 0.256 e. The van der Waals surface area contributed by atoms with E-state index in [-0.39, 0.29) is 37.4 Å². The number of likely N-dealkylation sites (tertiary alicyclic amines) is 1. The number of aliphatic hydroxyl groups is 2. The summed E-state index contributed by atoms with van der Waals surface area (Å²) in [5.41, 5.74) is 6.13. The van der Waals surface area contributed by atoms with E-state index in [9.17, 15) is 23.1 Å². The van der Waals surface area contributed by atoms with Crippen molar-refractivity contribution in [2.24, 2.45) is 5.11 Å². The molecule has 1 aliphatic rings. The average molecular weight is 547 g/mol. The Morgan fingerprint density at radius 2 is 2.00 bits per heavy atom. The number of hydrogen-bond donors (Lipinski definition) is 3. The Kier molecular flexibility index (Phi) is 6.94. The van der Waals surface area contributed by atoms with Gasteiger partial charge < -0.3 is 20.4 Å². The molecule has 0 aliphatic carbocycles. The maximum absolute atomic E-state index is 14.5. The van der Waals surface area contributed by atoms with Gasteiger partial charge in [-0.2, -0.15) is 0 Å². The van der Waals surface area contributed by atoms with E-state index in [4.69, 9.17) is 10.6 Å². The van der Waals surface area contributed by atoms with Gasteiger partial charge in [-0.15, -0.1) is 0 Å². The number of amides is 1. The molecule has 3 N–H and O–H groups in total. The molecule has 1 unspecified atom stereocenters. The minimum atomic E-state index is -1.56. The van der Waals surface area contributed by atoms with E-state index in [0.717, 1.165) is 17.0 Å². The number of benzene rings is 2. The molecule has 2 aromatic rings. The summed E-state index contributed by atoms with van der Waals surface area (Å²) in [6.07, 6.45) is -0.00729. The van der Waals surface area contributed by atoms with Gasteiger partial charge in [0.15, 0.2) is 11.6 Å². The minimum absolute atomic E-state index is 0.00729. The largest absolute Gasteiger partial charge is 0.396 e. The molecule has 1 amide bonds. The number of nitrogens with one attached hydrogen (secondary N) is 1. The van der Waals surface area contributed by atoms with Gasteiger partial charge in [0.05, 0.1) is 36.1 Å². The molecule has 0 saturated carbocycles. The van der Waals surface area contributed by atoms with Crippen molar-refractivity contribution in [2.75, 3.05) is 25.0 Å². The lowest BCUT2D eigenvalue weighted by atomic mass is 9.84. The van der Waals surface area contributed by atoms with Crippen molar-refractivity contribution in [3.8, 4) is 0 Å². The van der Waals surface area contributed by atoms with E-state index in [2.05, 4.69) is 15.3 Å². The first-order valence-corrected chi connectivity index (χ1v) is 10.1. The topological polar surface area (TPSA) is 122 Å². The zero-order chi connectivity index (χ0) is 22.8. The maximum Gasteiger partial charge on any atom is 0.256 e. The van der Waals surface area contributed by atoms with Crippen LogP contribution in [0.4, 0.5) is 24.5 Å². The third-order valence-corrected chi connectivity index (χ3v) is 5.62. The lowest BCUT2D eigenvalue weighted by Gasteiger charge is -2.49. The summed E-state index contributed by atoms with van der Waals surface area (Å²) >= 11 is 1.89. The predicted molar refractivity (Wildman–Crippen MR) is 114 cm³/mol. The van der Waals surface area contributed by atoms with Gasteiger partial charge in [-0.1, -0.05) is 5.11 Å². The van der Waals surface area contributed by atoms with Crippen LogP contribution in [-0.2, 0) is 0 Å². The number of β-amino-alcohol motifs (C(OH)–C–C–N with tert-alkyl or cyclic N) is 1. The summed E-state index contributed by atoms with van der Waals surface area (Å²) in [6, 6.07) is 4.94. The summed E-state index contributed by atoms with van der Waals surface area (Å²) in [4.78, 5) is 16.7. The van der Waals surface area contributed by atoms with Crippen LogP contribution in [0.15, 0.2) is 35.4 Å². The summed E-state index contributed by atoms with van der Waals surface area (Å²) in [5, 5.41) is 25.6. The van der Waals surface area contributed by atoms with Crippen LogP contribution in [0.3, 0.4) is 0 Å². The summed E-state index contributed by atoms with van der Waals surface area (Å²) in [5.74, 6) is -4.03. The molecule has 0 radical (unpaired) electrons. The number of aliphatic hydroxyl groups excluding tert-OH is 1. The van der Waals surface area contributed by atoms with Crippen molar-refractivity contribution < 1.29 is 28.2 Å². The fourth-order valence-electron chi connectivity index (χ4n) is 3.33. The highest BCUT2D eigenvalue weighted by atomic mass is 127. The van der Waals surface area contributed by atoms with Gasteiger partial charge in [-0.25, -0.2) is 13.2 Å². The van der Waals surface area contributed by atoms with Gasteiger partial charge >= 0.3 is 0 Å². The highest BCUT2D eigenvalue weighted by Crippen LogP contribution is 2.34. The normalized spacial score (nSPS) is 15.6. The number of azide groups is 1. The molecule has 12 heteroatoms. The zero-order valence-electron chi connectivity index (χ0n) is 15.9. The Bertz CT molecular complexity index is 1060. The number of carbonyl (C=O) groups excluding carboxylic acids is 1. The third kappa shape index (κ3) is 4.71. The Morgan fingerprint density at radius 1 is 1.29 bits per heavy atom. The van der Waals surface area contributed by atoms with Gasteiger partial charge in [-0.3, -0.25) is 4.79 Å². The summed E-state index contributed by atoms with van der Waals surface area (Å²) < 4.78 is 43.2. The molecule has 164 valence electrons. The quantitative estimate of drug-likeness (QED) is 0.212. The van der Waals surface area contributed by atoms with E-state index < -0.39 is 40.7 Å². The van der Waals surface area contributed by atoms with E-state index >= 15 is 0 Å². The maximum atomic E-state index is 14.5. The molecule has 0 spiro atoms. The van der Waals surface area contributed by atoms with E-state index in [0.29, 0.717) is 3.57 Å². The Morgan fingerprint density at radius 3 is 2.61 bits per heavy atom. The van der Waals surface area contributed by atoms with Crippen molar-refractivity contribution in [3.63, 3.8) is 0 Å². The van der Waals surface area contributed by atoms with Gasteiger partial charge in [0.2, 0.25) is 0 Å². The van der Waals surface area contributed by atoms with Crippen LogP contribution in [0.1, 0.15) is 16.8 Å². The van der Waals surface area contributed by atoms with Gasteiger partial charge in [-0.05, 0) is 64.9 Å². The van der Waals surface area contributed by atoms with Crippen LogP contribution < -0.4 is 5.32 Å². The first-order chi connectivity index (χ1) is 14.7. The van der Waals surface area contributed by atoms with Crippen molar-refractivity contribution in [2.45, 2.75) is 18.1 Å². The van der Waals surface area contributed by atoms with Crippen LogP contribution in [-0.4, -0.2) is 52.4 Å². The summed E-state index contributed by atoms with van der Waals surface area (Å²) in [7, 11) is 0. The predicted octanol–water partition coefficient (Wildman–Crippen LogP) is 3.70. The fourth-order valence-corrected chi connectivity index (χ4v) is 3.79. The summed E-state index contributed by atoms with van der Waals surface area (Å²) in [6.45, 7) is -0.823. The van der Waals surface area contributed by atoms with Crippen LogP contribution in [0.2, 0.25) is 0 Å². The first kappa shape index (κ1) is 23.1. The number of nitrogens with zero attached hydrogens (tertiary/aromatic N) is 4. The average Bonchev–Trinajstić information content (AvgIpc) is 2.70. The zero-order valence-corrected chi connectivity index (χ0v) is 18.1. The molecule has 8 nitrogen and oxygen atoms in total. The monoisotopic (exact) mass is 547 g/mol. The molecular weight excluding hydrogens is 530 g/mol. The molecule has 3 rings (SSSR count). The van der Waals surface area contributed by atoms with E-state index in [1.807, 2.05) is 22.6 Å². The number of halogens is 4. The van der Waals surface area contributed by atoms with Crippen molar-refractivity contribution in [1.82, 2.24) is 4.90 Å². The van der Waals surface area contributed by atoms with E-state index in [1.54, 1.807) is 6.07 Å². The Labute approximate surface area is 188 Å². The third-order valence-electron chi connectivity index (χ3n) is 4.95. The second-order valence-corrected chi connectivity index (χ2v) is 8.28. The van der Waals surface area contributed by atoms with Crippen LogP contribution in [0, 0.1) is 21.0 Å². The fraction of sp³-hybridized carbons (Fsp3) is 0.316. The molecule has 2 aromatic carbocycles. The van der Waals surface area contributed by atoms with Crippen molar-refractivity contribution >= 4 is 39.9 Å². The van der Waals surface area contributed by atoms with Crippen molar-refractivity contribution in [3.05, 3.63) is 67.4 Å². The Hall–Kier alpha value is -2.54. The highest BCUT2D eigenvalue weighted by molar-refractivity contribution is 14.1. The van der Waals surface area contributed by atoms with Crippen molar-refractivity contribution in [1.29, 1.82) is 0 Å². The number of anilines is 2. The van der Waals surface area contributed by atoms with Gasteiger partial charge in [0.1, 0.15) is 11.4 Å². The molecule has 1 saturated heterocycles. The number of rotatable bonds is 7. The lowest BCUT2D eigenvalue weighted by molar-refractivity contribution is -0.0994. The molecule has 0 bridgehead atoms. The second-order valence-electron chi connectivity index (χ2n) is 7.03. The molecular formula is C19H17F3IN5O3. The SMILES string of the molecule is [N-]=[N+]=NC(CCO)C1(O)CN(C(=O)c2ccc(F)c(F)c2Nc2ccc(I)cc2F)C1. The molecule has 1 heterocycles. The minimum Gasteiger partial charge on any atom is -0.396 e. The highest BCUT2D eigenvalue weighted by Gasteiger charge is 2.49. The van der Waals surface area contributed by atoms with Gasteiger partial charge in [0, 0.05) is 15.1 Å². The van der Waals surface area contributed by atoms with E-state index in [1.165, 1.54) is 12.1 Å².